The highest BCUT2D eigenvalue weighted by Crippen LogP contribution is 2.34. The molecule has 34 heavy (non-hydrogen) atoms. The van der Waals surface area contributed by atoms with E-state index in [9.17, 15) is 13.2 Å². The Morgan fingerprint density at radius 2 is 1.88 bits per heavy atom. The number of sulfonamides is 1. The van der Waals surface area contributed by atoms with Gasteiger partial charge >= 0.3 is 0 Å². The van der Waals surface area contributed by atoms with E-state index in [0.29, 0.717) is 49.9 Å². The van der Waals surface area contributed by atoms with Crippen molar-refractivity contribution in [2.45, 2.75) is 24.3 Å². The van der Waals surface area contributed by atoms with Crippen molar-refractivity contribution in [3.05, 3.63) is 60.6 Å². The van der Waals surface area contributed by atoms with Gasteiger partial charge in [-0.05, 0) is 36.6 Å². The van der Waals surface area contributed by atoms with Crippen molar-refractivity contribution >= 4 is 21.7 Å². The Kier molecular flexibility index (Phi) is 6.20. The van der Waals surface area contributed by atoms with Gasteiger partial charge in [0.2, 0.25) is 15.9 Å². The predicted octanol–water partition coefficient (Wildman–Crippen LogP) is 2.14. The number of nitrogens with zero attached hydrogens (tertiary/aromatic N) is 4. The number of fused-ring (bicyclic) bond motifs is 1. The lowest BCUT2D eigenvalue weighted by atomic mass is 9.97. The van der Waals surface area contributed by atoms with Crippen molar-refractivity contribution in [1.29, 1.82) is 0 Å². The van der Waals surface area contributed by atoms with Crippen molar-refractivity contribution in [2.24, 2.45) is 5.92 Å². The molecule has 1 fully saturated rings. The fraction of sp³-hybridized carbons (Fsp3) is 0.348. The van der Waals surface area contributed by atoms with Gasteiger partial charge in [0.1, 0.15) is 13.2 Å². The third-order valence-corrected chi connectivity index (χ3v) is 7.83. The molecule has 1 aromatic carbocycles. The number of pyridine rings is 1. The van der Waals surface area contributed by atoms with Gasteiger partial charge < -0.3 is 14.8 Å². The van der Waals surface area contributed by atoms with Crippen LogP contribution in [0.5, 0.6) is 11.5 Å². The Morgan fingerprint density at radius 1 is 1.09 bits per heavy atom. The first kappa shape index (κ1) is 22.4. The summed E-state index contributed by atoms with van der Waals surface area (Å²) >= 11 is 0. The van der Waals surface area contributed by atoms with Crippen LogP contribution in [0, 0.1) is 5.92 Å². The minimum absolute atomic E-state index is 0.150. The van der Waals surface area contributed by atoms with Gasteiger partial charge in [0, 0.05) is 49.7 Å². The second kappa shape index (κ2) is 9.43. The topological polar surface area (TPSA) is 116 Å². The van der Waals surface area contributed by atoms with Crippen molar-refractivity contribution in [3.63, 3.8) is 0 Å². The van der Waals surface area contributed by atoms with Gasteiger partial charge in [-0.2, -0.15) is 9.40 Å². The Morgan fingerprint density at radius 3 is 2.65 bits per heavy atom. The van der Waals surface area contributed by atoms with E-state index in [1.165, 1.54) is 16.4 Å². The minimum atomic E-state index is -3.68. The van der Waals surface area contributed by atoms with Crippen LogP contribution >= 0.6 is 0 Å². The number of rotatable bonds is 6. The number of aromatic nitrogens is 3. The molecular formula is C23H25N5O5S. The van der Waals surface area contributed by atoms with Gasteiger partial charge in [0.15, 0.2) is 17.3 Å². The van der Waals surface area contributed by atoms with Crippen LogP contribution in [0.3, 0.4) is 0 Å². The van der Waals surface area contributed by atoms with Gasteiger partial charge in [-0.3, -0.25) is 14.5 Å². The maximum Gasteiger partial charge on any atom is 0.243 e. The summed E-state index contributed by atoms with van der Waals surface area (Å²) in [5.74, 6) is 1.02. The summed E-state index contributed by atoms with van der Waals surface area (Å²) in [5, 5.41) is 7.25. The average Bonchev–Trinajstić information content (AvgIpc) is 3.30. The maximum absolute atomic E-state index is 13.1. The zero-order valence-corrected chi connectivity index (χ0v) is 19.3. The number of hydrogen-bond acceptors (Lipinski definition) is 7. The maximum atomic E-state index is 13.1. The highest BCUT2D eigenvalue weighted by molar-refractivity contribution is 7.89. The summed E-state index contributed by atoms with van der Waals surface area (Å²) in [6.07, 6.45) is 6.15. The summed E-state index contributed by atoms with van der Waals surface area (Å²) < 4.78 is 40.3. The number of carbonyl (C=O) groups is 1. The smallest absolute Gasteiger partial charge is 0.243 e. The third kappa shape index (κ3) is 4.75. The monoisotopic (exact) mass is 483 g/mol. The first-order valence-electron chi connectivity index (χ1n) is 11.1. The number of anilines is 1. The van der Waals surface area contributed by atoms with E-state index in [-0.39, 0.29) is 29.8 Å². The van der Waals surface area contributed by atoms with Gasteiger partial charge in [-0.15, -0.1) is 0 Å². The van der Waals surface area contributed by atoms with Crippen molar-refractivity contribution < 1.29 is 22.7 Å². The lowest BCUT2D eigenvalue weighted by Gasteiger charge is -2.30. The molecule has 0 aliphatic carbocycles. The van der Waals surface area contributed by atoms with E-state index in [1.54, 1.807) is 35.4 Å². The first-order valence-corrected chi connectivity index (χ1v) is 12.6. The van der Waals surface area contributed by atoms with Crippen LogP contribution in [0.2, 0.25) is 0 Å². The van der Waals surface area contributed by atoms with Crippen LogP contribution in [0.15, 0.2) is 59.9 Å². The summed E-state index contributed by atoms with van der Waals surface area (Å²) in [6, 6.07) is 10.2. The first-order chi connectivity index (χ1) is 16.5. The Labute approximate surface area is 197 Å². The lowest BCUT2D eigenvalue weighted by Crippen LogP contribution is -2.41. The molecule has 0 spiro atoms. The zero-order valence-electron chi connectivity index (χ0n) is 18.5. The number of ether oxygens (including phenoxy) is 2. The molecule has 4 heterocycles. The molecule has 0 unspecified atom stereocenters. The van der Waals surface area contributed by atoms with E-state index in [1.807, 2.05) is 12.1 Å². The van der Waals surface area contributed by atoms with Crippen LogP contribution in [-0.4, -0.2) is 59.7 Å². The Hall–Kier alpha value is -3.44. The van der Waals surface area contributed by atoms with Crippen LogP contribution in [-0.2, 0) is 21.4 Å². The normalized spacial score (nSPS) is 16.8. The standard InChI is InChI=1S/C23H25N5O5S/c29-23(25-22-7-9-27(26-22)16-17-2-1-8-24-15-17)18-5-10-28(11-6-18)34(30,31)19-3-4-20-21(14-19)33-13-12-32-20/h1-4,7-9,14-15,18H,5-6,10-13,16H2,(H,25,26,29). The summed E-state index contributed by atoms with van der Waals surface area (Å²) in [4.78, 5) is 17.0. The second-order valence-corrected chi connectivity index (χ2v) is 10.2. The van der Waals surface area contributed by atoms with E-state index >= 15 is 0 Å². The van der Waals surface area contributed by atoms with E-state index in [2.05, 4.69) is 15.4 Å². The third-order valence-electron chi connectivity index (χ3n) is 5.94. The Balaban J connectivity index is 1.17. The van der Waals surface area contributed by atoms with Gasteiger partial charge in [-0.1, -0.05) is 6.07 Å². The molecule has 1 saturated heterocycles. The second-order valence-electron chi connectivity index (χ2n) is 8.23. The van der Waals surface area contributed by atoms with E-state index < -0.39 is 10.0 Å². The average molecular weight is 484 g/mol. The van der Waals surface area contributed by atoms with Gasteiger partial charge in [0.25, 0.3) is 0 Å². The molecule has 1 amide bonds. The number of piperidine rings is 1. The predicted molar refractivity (Wildman–Crippen MR) is 123 cm³/mol. The quantitative estimate of drug-likeness (QED) is 0.571. The number of benzene rings is 1. The molecule has 0 radical (unpaired) electrons. The molecule has 2 aromatic heterocycles. The molecule has 2 aliphatic heterocycles. The van der Waals surface area contributed by atoms with E-state index in [0.717, 1.165) is 5.56 Å². The van der Waals surface area contributed by atoms with Gasteiger partial charge in [0.05, 0.1) is 11.4 Å². The molecule has 10 nitrogen and oxygen atoms in total. The van der Waals surface area contributed by atoms with Crippen LogP contribution in [0.25, 0.3) is 0 Å². The molecule has 0 saturated carbocycles. The van der Waals surface area contributed by atoms with Crippen molar-refractivity contribution in [1.82, 2.24) is 19.1 Å². The number of hydrogen-bond donors (Lipinski definition) is 1. The number of nitrogens with one attached hydrogen (secondary N) is 1. The summed E-state index contributed by atoms with van der Waals surface area (Å²) in [5.41, 5.74) is 1.01. The van der Waals surface area contributed by atoms with Crippen LogP contribution in [0.1, 0.15) is 18.4 Å². The largest absolute Gasteiger partial charge is 0.486 e. The van der Waals surface area contributed by atoms with E-state index in [4.69, 9.17) is 9.47 Å². The fourth-order valence-electron chi connectivity index (χ4n) is 4.11. The molecule has 1 N–H and O–H groups in total. The molecule has 3 aromatic rings. The fourth-order valence-corrected chi connectivity index (χ4v) is 5.60. The SMILES string of the molecule is O=C(Nc1ccn(Cc2cccnc2)n1)C1CCN(S(=O)(=O)c2ccc3c(c2)OCCO3)CC1. The summed E-state index contributed by atoms with van der Waals surface area (Å²) in [7, 11) is -3.68. The molecule has 0 bridgehead atoms. The van der Waals surface area contributed by atoms with Crippen LogP contribution in [0.4, 0.5) is 5.82 Å². The molecular weight excluding hydrogens is 458 g/mol. The molecule has 2 aliphatic rings. The number of carbonyl (C=O) groups excluding carboxylic acids is 1. The minimum Gasteiger partial charge on any atom is -0.486 e. The molecule has 5 rings (SSSR count). The van der Waals surface area contributed by atoms with Crippen LogP contribution < -0.4 is 14.8 Å². The van der Waals surface area contributed by atoms with Crippen molar-refractivity contribution in [2.75, 3.05) is 31.6 Å². The van der Waals surface area contributed by atoms with Gasteiger partial charge in [-0.25, -0.2) is 8.42 Å². The number of amides is 1. The van der Waals surface area contributed by atoms with Crippen molar-refractivity contribution in [3.8, 4) is 11.5 Å². The highest BCUT2D eigenvalue weighted by atomic mass is 32.2. The zero-order chi connectivity index (χ0) is 23.5. The summed E-state index contributed by atoms with van der Waals surface area (Å²) in [6.45, 7) is 1.92. The molecule has 11 heteroatoms. The highest BCUT2D eigenvalue weighted by Gasteiger charge is 2.33. The molecule has 178 valence electrons. The Bertz CT molecular complexity index is 1270. The molecule has 0 atom stereocenters. The lowest BCUT2D eigenvalue weighted by molar-refractivity contribution is -0.120.